The maximum absolute atomic E-state index is 10.9. The molecule has 3 rings (SSSR count). The second-order valence-corrected chi connectivity index (χ2v) is 5.14. The van der Waals surface area contributed by atoms with E-state index in [0.717, 1.165) is 5.52 Å². The van der Waals surface area contributed by atoms with E-state index in [1.54, 1.807) is 12.1 Å². The molecule has 6 heteroatoms. The van der Waals surface area contributed by atoms with Crippen molar-refractivity contribution in [3.8, 4) is 0 Å². The van der Waals surface area contributed by atoms with Crippen LogP contribution in [0.5, 0.6) is 0 Å². The van der Waals surface area contributed by atoms with Crippen LogP contribution < -0.4 is 4.90 Å². The molecular formula is C13H13ClN2O3. The SMILES string of the molecule is O=C(O)C1CCN(c2nc3ccc(Cl)cc3o2)CC1. The van der Waals surface area contributed by atoms with Gasteiger partial charge in [0.15, 0.2) is 5.58 Å². The van der Waals surface area contributed by atoms with Crippen molar-refractivity contribution in [3.05, 3.63) is 23.2 Å². The van der Waals surface area contributed by atoms with Gasteiger partial charge in [-0.25, -0.2) is 0 Å². The van der Waals surface area contributed by atoms with Crippen molar-refractivity contribution < 1.29 is 14.3 Å². The number of carboxylic acids is 1. The Kier molecular flexibility index (Phi) is 3.06. The second-order valence-electron chi connectivity index (χ2n) is 4.71. The monoisotopic (exact) mass is 280 g/mol. The fourth-order valence-electron chi connectivity index (χ4n) is 2.34. The Balaban J connectivity index is 1.80. The molecule has 5 nitrogen and oxygen atoms in total. The molecule has 0 saturated carbocycles. The molecule has 1 saturated heterocycles. The standard InChI is InChI=1S/C13H13ClN2O3/c14-9-1-2-10-11(7-9)19-13(15-10)16-5-3-8(4-6-16)12(17)18/h1-2,7-8H,3-6H2,(H,17,18). The van der Waals surface area contributed by atoms with Gasteiger partial charge in [0.25, 0.3) is 6.01 Å². The molecule has 0 atom stereocenters. The van der Waals surface area contributed by atoms with Gasteiger partial charge in [-0.1, -0.05) is 11.6 Å². The van der Waals surface area contributed by atoms with E-state index in [4.69, 9.17) is 21.1 Å². The number of oxazole rings is 1. The quantitative estimate of drug-likeness (QED) is 0.916. The first-order chi connectivity index (χ1) is 9.13. The molecule has 1 fully saturated rings. The highest BCUT2D eigenvalue weighted by molar-refractivity contribution is 6.31. The number of fused-ring (bicyclic) bond motifs is 1. The third-order valence-electron chi connectivity index (χ3n) is 3.45. The molecule has 0 aliphatic carbocycles. The minimum absolute atomic E-state index is 0.255. The summed E-state index contributed by atoms with van der Waals surface area (Å²) in [5.74, 6) is -0.973. The normalized spacial score (nSPS) is 17.0. The third-order valence-corrected chi connectivity index (χ3v) is 3.69. The summed E-state index contributed by atoms with van der Waals surface area (Å²) >= 11 is 5.90. The Morgan fingerprint density at radius 1 is 1.42 bits per heavy atom. The second kappa shape index (κ2) is 4.74. The van der Waals surface area contributed by atoms with Gasteiger partial charge in [-0.05, 0) is 25.0 Å². The van der Waals surface area contributed by atoms with Gasteiger partial charge in [-0.2, -0.15) is 4.98 Å². The van der Waals surface area contributed by atoms with Gasteiger partial charge >= 0.3 is 5.97 Å². The molecule has 2 aromatic rings. The summed E-state index contributed by atoms with van der Waals surface area (Å²) in [5.41, 5.74) is 1.42. The molecule has 2 heterocycles. The van der Waals surface area contributed by atoms with Crippen LogP contribution in [-0.2, 0) is 4.79 Å². The first kappa shape index (κ1) is 12.3. The van der Waals surface area contributed by atoms with Gasteiger partial charge in [0.05, 0.1) is 5.92 Å². The van der Waals surface area contributed by atoms with Crippen LogP contribution in [0.15, 0.2) is 22.6 Å². The van der Waals surface area contributed by atoms with Crippen LogP contribution in [0.3, 0.4) is 0 Å². The zero-order valence-corrected chi connectivity index (χ0v) is 10.9. The smallest absolute Gasteiger partial charge is 0.306 e. The predicted molar refractivity (Wildman–Crippen MR) is 71.6 cm³/mol. The summed E-state index contributed by atoms with van der Waals surface area (Å²) in [7, 11) is 0. The lowest BCUT2D eigenvalue weighted by Crippen LogP contribution is -2.36. The molecule has 1 aliphatic heterocycles. The number of nitrogens with zero attached hydrogens (tertiary/aromatic N) is 2. The number of aromatic nitrogens is 1. The summed E-state index contributed by atoms with van der Waals surface area (Å²) in [6.45, 7) is 1.30. The lowest BCUT2D eigenvalue weighted by atomic mass is 9.97. The van der Waals surface area contributed by atoms with Gasteiger partial charge in [0.2, 0.25) is 0 Å². The van der Waals surface area contributed by atoms with Gasteiger partial charge in [0.1, 0.15) is 5.52 Å². The highest BCUT2D eigenvalue weighted by Crippen LogP contribution is 2.27. The van der Waals surface area contributed by atoms with Crippen LogP contribution in [0.4, 0.5) is 6.01 Å². The van der Waals surface area contributed by atoms with Crippen molar-refractivity contribution in [2.75, 3.05) is 18.0 Å². The van der Waals surface area contributed by atoms with E-state index in [9.17, 15) is 4.79 Å². The number of aliphatic carboxylic acids is 1. The van der Waals surface area contributed by atoms with Crippen LogP contribution in [0.1, 0.15) is 12.8 Å². The van der Waals surface area contributed by atoms with Crippen LogP contribution in [0, 0.1) is 5.92 Å². The average molecular weight is 281 g/mol. The van der Waals surface area contributed by atoms with Crippen molar-refractivity contribution in [1.29, 1.82) is 0 Å². The van der Waals surface area contributed by atoms with Crippen molar-refractivity contribution in [2.45, 2.75) is 12.8 Å². The Morgan fingerprint density at radius 2 is 2.16 bits per heavy atom. The summed E-state index contributed by atoms with van der Waals surface area (Å²) in [6, 6.07) is 5.86. The maximum Gasteiger partial charge on any atom is 0.306 e. The predicted octanol–water partition coefficient (Wildman–Crippen LogP) is 2.78. The van der Waals surface area contributed by atoms with E-state index in [0.29, 0.717) is 42.6 Å². The molecule has 1 aliphatic rings. The highest BCUT2D eigenvalue weighted by Gasteiger charge is 2.26. The first-order valence-corrected chi connectivity index (χ1v) is 6.55. The number of carboxylic acid groups (broad SMARTS) is 1. The molecule has 19 heavy (non-hydrogen) atoms. The van der Waals surface area contributed by atoms with Crippen molar-refractivity contribution in [1.82, 2.24) is 4.98 Å². The third kappa shape index (κ3) is 2.38. The van der Waals surface area contributed by atoms with Gasteiger partial charge in [-0.15, -0.1) is 0 Å². The van der Waals surface area contributed by atoms with Crippen molar-refractivity contribution in [3.63, 3.8) is 0 Å². The minimum atomic E-state index is -0.719. The van der Waals surface area contributed by atoms with Crippen LogP contribution in [-0.4, -0.2) is 29.1 Å². The minimum Gasteiger partial charge on any atom is -0.481 e. The summed E-state index contributed by atoms with van der Waals surface area (Å²) in [6.07, 6.45) is 1.24. The van der Waals surface area contributed by atoms with Crippen LogP contribution in [0.2, 0.25) is 5.02 Å². The van der Waals surface area contributed by atoms with E-state index < -0.39 is 5.97 Å². The average Bonchev–Trinajstić information content (AvgIpc) is 2.81. The number of hydrogen-bond donors (Lipinski definition) is 1. The Hall–Kier alpha value is -1.75. The van der Waals surface area contributed by atoms with E-state index in [2.05, 4.69) is 4.98 Å². The largest absolute Gasteiger partial charge is 0.481 e. The lowest BCUT2D eigenvalue weighted by molar-refractivity contribution is -0.142. The van der Waals surface area contributed by atoms with Crippen LogP contribution >= 0.6 is 11.6 Å². The number of piperidine rings is 1. The molecule has 0 bridgehead atoms. The zero-order valence-electron chi connectivity index (χ0n) is 10.2. The fourth-order valence-corrected chi connectivity index (χ4v) is 2.50. The molecule has 1 aromatic heterocycles. The van der Waals surface area contributed by atoms with E-state index in [1.165, 1.54) is 0 Å². The molecule has 0 amide bonds. The molecule has 0 radical (unpaired) electrons. The van der Waals surface area contributed by atoms with E-state index in [1.807, 2.05) is 11.0 Å². The number of benzene rings is 1. The molecular weight excluding hydrogens is 268 g/mol. The number of hydrogen-bond acceptors (Lipinski definition) is 4. The molecule has 100 valence electrons. The van der Waals surface area contributed by atoms with Gasteiger partial charge < -0.3 is 14.4 Å². The number of anilines is 1. The fraction of sp³-hybridized carbons (Fsp3) is 0.385. The summed E-state index contributed by atoms with van der Waals surface area (Å²) in [5, 5.41) is 9.58. The van der Waals surface area contributed by atoms with E-state index in [-0.39, 0.29) is 5.92 Å². The molecule has 1 N–H and O–H groups in total. The number of halogens is 1. The van der Waals surface area contributed by atoms with Gasteiger partial charge in [0, 0.05) is 24.2 Å². The molecule has 0 unspecified atom stereocenters. The molecule has 0 spiro atoms. The summed E-state index contributed by atoms with van der Waals surface area (Å²) in [4.78, 5) is 17.3. The van der Waals surface area contributed by atoms with Crippen LogP contribution in [0.25, 0.3) is 11.1 Å². The van der Waals surface area contributed by atoms with E-state index >= 15 is 0 Å². The maximum atomic E-state index is 10.9. The van der Waals surface area contributed by atoms with Crippen molar-refractivity contribution in [2.24, 2.45) is 5.92 Å². The zero-order chi connectivity index (χ0) is 13.4. The number of rotatable bonds is 2. The Morgan fingerprint density at radius 3 is 2.84 bits per heavy atom. The Bertz CT molecular complexity index is 617. The first-order valence-electron chi connectivity index (χ1n) is 6.17. The highest BCUT2D eigenvalue weighted by atomic mass is 35.5. The Labute approximate surface area is 114 Å². The molecule has 1 aromatic carbocycles. The summed E-state index contributed by atoms with van der Waals surface area (Å²) < 4.78 is 5.67. The van der Waals surface area contributed by atoms with Gasteiger partial charge in [-0.3, -0.25) is 4.79 Å². The van der Waals surface area contributed by atoms with Crippen molar-refractivity contribution >= 4 is 34.7 Å². The lowest BCUT2D eigenvalue weighted by Gasteiger charge is -2.28. The topological polar surface area (TPSA) is 66.6 Å². The number of carbonyl (C=O) groups is 1.